The molecule has 112 valence electrons. The lowest BCUT2D eigenvalue weighted by Crippen LogP contribution is -2.01. The topological polar surface area (TPSA) is 65.0 Å². The first-order valence-electron chi connectivity index (χ1n) is 6.27. The number of benzene rings is 1. The molecule has 0 aliphatic carbocycles. The van der Waals surface area contributed by atoms with E-state index in [0.29, 0.717) is 12.2 Å². The number of halogens is 1. The highest BCUT2D eigenvalue weighted by Gasteiger charge is 2.05. The normalized spacial score (nSPS) is 12.2. The fourth-order valence-corrected chi connectivity index (χ4v) is 1.80. The van der Waals surface area contributed by atoms with Crippen molar-refractivity contribution in [1.29, 1.82) is 0 Å². The van der Waals surface area contributed by atoms with Gasteiger partial charge < -0.3 is 4.74 Å². The van der Waals surface area contributed by atoms with Crippen LogP contribution in [0.1, 0.15) is 31.7 Å². The van der Waals surface area contributed by atoms with Gasteiger partial charge in [-0.1, -0.05) is 36.5 Å². The van der Waals surface area contributed by atoms with Crippen LogP contribution in [0.2, 0.25) is 0 Å². The van der Waals surface area contributed by atoms with Gasteiger partial charge in [-0.25, -0.2) is 0 Å². The quantitative estimate of drug-likeness (QED) is 0.419. The SMILES string of the molecule is CCCCCOc1ccc(/C(Cl)=N/OS(C)(=O)=O)cc1. The Balaban J connectivity index is 2.57. The number of ether oxygens (including phenoxy) is 1. The lowest BCUT2D eigenvalue weighted by Gasteiger charge is -2.06. The Morgan fingerprint density at radius 1 is 1.25 bits per heavy atom. The first kappa shape index (κ1) is 16.8. The zero-order valence-corrected chi connectivity index (χ0v) is 13.1. The zero-order valence-electron chi connectivity index (χ0n) is 11.5. The molecule has 0 saturated heterocycles. The van der Waals surface area contributed by atoms with Gasteiger partial charge in [0.05, 0.1) is 12.9 Å². The summed E-state index contributed by atoms with van der Waals surface area (Å²) < 4.78 is 31.4. The monoisotopic (exact) mass is 319 g/mol. The highest BCUT2D eigenvalue weighted by atomic mass is 35.5. The van der Waals surface area contributed by atoms with E-state index in [0.717, 1.165) is 31.3 Å². The van der Waals surface area contributed by atoms with Gasteiger partial charge >= 0.3 is 10.1 Å². The van der Waals surface area contributed by atoms with Crippen LogP contribution in [0.15, 0.2) is 29.4 Å². The van der Waals surface area contributed by atoms with E-state index in [1.165, 1.54) is 0 Å². The van der Waals surface area contributed by atoms with Crippen LogP contribution < -0.4 is 4.74 Å². The van der Waals surface area contributed by atoms with Crippen molar-refractivity contribution in [2.24, 2.45) is 5.16 Å². The highest BCUT2D eigenvalue weighted by Crippen LogP contribution is 2.15. The van der Waals surface area contributed by atoms with Gasteiger partial charge in [-0.05, 0) is 30.7 Å². The van der Waals surface area contributed by atoms with Gasteiger partial charge in [0.25, 0.3) is 0 Å². The van der Waals surface area contributed by atoms with Crippen molar-refractivity contribution >= 4 is 26.9 Å². The minimum Gasteiger partial charge on any atom is -0.494 e. The van der Waals surface area contributed by atoms with E-state index in [2.05, 4.69) is 16.4 Å². The molecular formula is C13H18ClNO4S. The molecule has 0 heterocycles. The lowest BCUT2D eigenvalue weighted by molar-refractivity contribution is 0.306. The molecule has 7 heteroatoms. The number of hydrogen-bond donors (Lipinski definition) is 0. The van der Waals surface area contributed by atoms with Crippen molar-refractivity contribution in [3.05, 3.63) is 29.8 Å². The van der Waals surface area contributed by atoms with Crippen LogP contribution in [0.4, 0.5) is 0 Å². The van der Waals surface area contributed by atoms with Crippen LogP contribution >= 0.6 is 11.6 Å². The molecule has 0 unspecified atom stereocenters. The van der Waals surface area contributed by atoms with Gasteiger partial charge in [-0.15, -0.1) is 0 Å². The molecule has 5 nitrogen and oxygen atoms in total. The molecule has 1 aromatic rings. The summed E-state index contributed by atoms with van der Waals surface area (Å²) >= 11 is 5.83. The van der Waals surface area contributed by atoms with E-state index in [9.17, 15) is 8.42 Å². The summed E-state index contributed by atoms with van der Waals surface area (Å²) in [5.41, 5.74) is 0.552. The van der Waals surface area contributed by atoms with Crippen LogP contribution in [-0.2, 0) is 14.4 Å². The maximum atomic E-state index is 10.8. The molecule has 1 rings (SSSR count). The average molecular weight is 320 g/mol. The maximum Gasteiger partial charge on any atom is 0.325 e. The van der Waals surface area contributed by atoms with E-state index in [1.807, 2.05) is 0 Å². The second-order valence-corrected chi connectivity index (χ2v) is 6.16. The van der Waals surface area contributed by atoms with Gasteiger partial charge in [0.2, 0.25) is 0 Å². The Kier molecular flexibility index (Phi) is 6.81. The third-order valence-electron chi connectivity index (χ3n) is 2.36. The Labute approximate surface area is 124 Å². The summed E-state index contributed by atoms with van der Waals surface area (Å²) in [6.45, 7) is 2.81. The lowest BCUT2D eigenvalue weighted by atomic mass is 10.2. The van der Waals surface area contributed by atoms with Crippen LogP contribution in [0.5, 0.6) is 5.75 Å². The average Bonchev–Trinajstić information content (AvgIpc) is 2.41. The smallest absolute Gasteiger partial charge is 0.325 e. The molecule has 0 saturated carbocycles. The number of nitrogens with zero attached hydrogens (tertiary/aromatic N) is 1. The van der Waals surface area contributed by atoms with Crippen LogP contribution in [-0.4, -0.2) is 26.5 Å². The van der Waals surface area contributed by atoms with E-state index >= 15 is 0 Å². The molecule has 0 fully saturated rings. The summed E-state index contributed by atoms with van der Waals surface area (Å²) in [5.74, 6) is 0.735. The van der Waals surface area contributed by atoms with Crippen molar-refractivity contribution in [3.8, 4) is 5.75 Å². The molecule has 0 spiro atoms. The summed E-state index contributed by atoms with van der Waals surface area (Å²) in [4.78, 5) is 0. The summed E-state index contributed by atoms with van der Waals surface area (Å²) in [6.07, 6.45) is 4.20. The first-order chi connectivity index (χ1) is 9.42. The molecule has 20 heavy (non-hydrogen) atoms. The molecule has 0 aliphatic rings. The Hall–Kier alpha value is -1.27. The fourth-order valence-electron chi connectivity index (χ4n) is 1.38. The summed E-state index contributed by atoms with van der Waals surface area (Å²) in [5, 5.41) is 3.30. The Morgan fingerprint density at radius 3 is 2.45 bits per heavy atom. The summed E-state index contributed by atoms with van der Waals surface area (Å²) in [6, 6.07) is 6.87. The molecule has 0 bridgehead atoms. The molecule has 0 N–H and O–H groups in total. The van der Waals surface area contributed by atoms with Crippen LogP contribution in [0, 0.1) is 0 Å². The predicted molar refractivity (Wildman–Crippen MR) is 79.8 cm³/mol. The predicted octanol–water partition coefficient (Wildman–Crippen LogP) is 3.13. The first-order valence-corrected chi connectivity index (χ1v) is 8.47. The van der Waals surface area contributed by atoms with Crippen molar-refractivity contribution in [2.45, 2.75) is 26.2 Å². The van der Waals surface area contributed by atoms with Crippen LogP contribution in [0.3, 0.4) is 0 Å². The van der Waals surface area contributed by atoms with E-state index in [-0.39, 0.29) is 5.17 Å². The highest BCUT2D eigenvalue weighted by molar-refractivity contribution is 7.85. The van der Waals surface area contributed by atoms with E-state index < -0.39 is 10.1 Å². The number of rotatable bonds is 8. The maximum absolute atomic E-state index is 10.8. The van der Waals surface area contributed by atoms with Gasteiger partial charge in [0.1, 0.15) is 5.75 Å². The largest absolute Gasteiger partial charge is 0.494 e. The van der Waals surface area contributed by atoms with Gasteiger partial charge in [-0.2, -0.15) is 8.42 Å². The van der Waals surface area contributed by atoms with Gasteiger partial charge in [-0.3, -0.25) is 4.28 Å². The zero-order chi connectivity index (χ0) is 15.0. The van der Waals surface area contributed by atoms with E-state index in [1.54, 1.807) is 24.3 Å². The minimum atomic E-state index is -3.65. The molecule has 0 aromatic heterocycles. The van der Waals surface area contributed by atoms with Crippen molar-refractivity contribution in [1.82, 2.24) is 0 Å². The molecule has 0 atom stereocenters. The Bertz CT molecular complexity index is 540. The van der Waals surface area contributed by atoms with E-state index in [4.69, 9.17) is 16.3 Å². The molecule has 0 amide bonds. The number of hydrogen-bond acceptors (Lipinski definition) is 5. The second-order valence-electron chi connectivity index (χ2n) is 4.24. The molecule has 1 aromatic carbocycles. The van der Waals surface area contributed by atoms with Crippen molar-refractivity contribution in [3.63, 3.8) is 0 Å². The second kappa shape index (κ2) is 8.11. The molecular weight excluding hydrogens is 302 g/mol. The number of oxime groups is 1. The fraction of sp³-hybridized carbons (Fsp3) is 0.462. The van der Waals surface area contributed by atoms with Gasteiger partial charge in [0.15, 0.2) is 5.17 Å². The standard InChI is InChI=1S/C13H18ClNO4S/c1-3-4-5-10-18-12-8-6-11(7-9-12)13(14)15-19-20(2,16)17/h6-9H,3-5,10H2,1-2H3/b15-13-. The minimum absolute atomic E-state index is 0.0343. The number of unbranched alkanes of at least 4 members (excludes halogenated alkanes) is 2. The third-order valence-corrected chi connectivity index (χ3v) is 2.99. The Morgan fingerprint density at radius 2 is 1.90 bits per heavy atom. The molecule has 0 aliphatic heterocycles. The summed E-state index contributed by atoms with van der Waals surface area (Å²) in [7, 11) is -3.65. The van der Waals surface area contributed by atoms with Crippen molar-refractivity contribution in [2.75, 3.05) is 12.9 Å². The van der Waals surface area contributed by atoms with Gasteiger partial charge in [0, 0.05) is 5.56 Å². The van der Waals surface area contributed by atoms with Crippen LogP contribution in [0.25, 0.3) is 0 Å². The molecule has 0 radical (unpaired) electrons. The van der Waals surface area contributed by atoms with Crippen molar-refractivity contribution < 1.29 is 17.4 Å². The third kappa shape index (κ3) is 6.77.